The van der Waals surface area contributed by atoms with Crippen molar-refractivity contribution >= 4 is 5.91 Å². The molecule has 1 heterocycles. The number of nitrogens with zero attached hydrogens (tertiary/aromatic N) is 1. The van der Waals surface area contributed by atoms with Gasteiger partial charge in [0.2, 0.25) is 0 Å². The van der Waals surface area contributed by atoms with Crippen molar-refractivity contribution in [3.8, 4) is 0 Å². The van der Waals surface area contributed by atoms with Crippen molar-refractivity contribution < 1.29 is 14.6 Å². The Morgan fingerprint density at radius 2 is 1.95 bits per heavy atom. The van der Waals surface area contributed by atoms with E-state index in [1.165, 1.54) is 0 Å². The molecule has 0 aliphatic carbocycles. The number of ether oxygens (including phenoxy) is 1. The molecule has 1 aliphatic heterocycles. The van der Waals surface area contributed by atoms with Gasteiger partial charge >= 0.3 is 0 Å². The van der Waals surface area contributed by atoms with Gasteiger partial charge in [0.05, 0.1) is 6.10 Å². The number of amides is 1. The maximum atomic E-state index is 12.7. The maximum absolute atomic E-state index is 12.7. The van der Waals surface area contributed by atoms with Gasteiger partial charge in [0, 0.05) is 20.2 Å². The Balaban J connectivity index is 2.08. The molecule has 3 atom stereocenters. The molecule has 0 bridgehead atoms. The predicted octanol–water partition coefficient (Wildman–Crippen LogP) is 2.63. The number of carbonyl (C=O) groups excluding carboxylic acids is 1. The van der Waals surface area contributed by atoms with Crippen molar-refractivity contribution in [2.24, 2.45) is 11.3 Å². The van der Waals surface area contributed by atoms with Crippen LogP contribution in [0, 0.1) is 11.3 Å². The molecule has 1 aliphatic rings. The number of β-amino-alcohol motifs (C(OH)–C–C–N with tert-alkyl or cyclic N) is 1. The molecule has 0 saturated carbocycles. The van der Waals surface area contributed by atoms with E-state index < -0.39 is 12.2 Å². The van der Waals surface area contributed by atoms with Crippen molar-refractivity contribution in [3.63, 3.8) is 0 Å². The first-order valence-electron chi connectivity index (χ1n) is 7.89. The third kappa shape index (κ3) is 3.68. The summed E-state index contributed by atoms with van der Waals surface area (Å²) in [5.41, 5.74) is 0.900. The smallest absolute Gasteiger partial charge is 0.256 e. The van der Waals surface area contributed by atoms with Crippen LogP contribution in [0.1, 0.15) is 38.9 Å². The Morgan fingerprint density at radius 3 is 2.45 bits per heavy atom. The van der Waals surface area contributed by atoms with E-state index in [1.807, 2.05) is 30.3 Å². The molecule has 1 aromatic carbocycles. The summed E-state index contributed by atoms with van der Waals surface area (Å²) in [6.07, 6.45) is -0.257. The van der Waals surface area contributed by atoms with Crippen LogP contribution in [0.3, 0.4) is 0 Å². The van der Waals surface area contributed by atoms with E-state index in [9.17, 15) is 9.90 Å². The van der Waals surface area contributed by atoms with Gasteiger partial charge in [-0.15, -0.1) is 0 Å². The molecule has 1 saturated heterocycles. The van der Waals surface area contributed by atoms with Crippen molar-refractivity contribution in [2.75, 3.05) is 20.2 Å². The van der Waals surface area contributed by atoms with E-state index in [0.717, 1.165) is 12.0 Å². The van der Waals surface area contributed by atoms with Gasteiger partial charge in [-0.3, -0.25) is 4.79 Å². The van der Waals surface area contributed by atoms with Crippen LogP contribution in [-0.4, -0.2) is 42.2 Å². The second-order valence-electron chi connectivity index (χ2n) is 7.14. The van der Waals surface area contributed by atoms with Gasteiger partial charge in [0.1, 0.15) is 0 Å². The number of hydrogen-bond acceptors (Lipinski definition) is 3. The van der Waals surface area contributed by atoms with E-state index >= 15 is 0 Å². The third-order valence-electron chi connectivity index (χ3n) is 4.57. The van der Waals surface area contributed by atoms with Gasteiger partial charge in [-0.25, -0.2) is 0 Å². The number of aliphatic hydroxyl groups is 1. The molecule has 4 nitrogen and oxygen atoms in total. The Labute approximate surface area is 133 Å². The molecule has 0 spiro atoms. The average Bonchev–Trinajstić information content (AvgIpc) is 2.47. The first kappa shape index (κ1) is 17.0. The van der Waals surface area contributed by atoms with Crippen LogP contribution < -0.4 is 0 Å². The standard InChI is InChI=1S/C18H27NO3/c1-18(2,3)14-10-11-19(12-15(14)20)17(21)16(22-4)13-8-6-5-7-9-13/h5-9,14-16,20H,10-12H2,1-4H3/t14-,15+,16+/m1/s1. The minimum atomic E-state index is -0.598. The van der Waals surface area contributed by atoms with Gasteiger partial charge in [-0.05, 0) is 23.3 Å². The van der Waals surface area contributed by atoms with Crippen molar-refractivity contribution in [1.82, 2.24) is 4.90 Å². The lowest BCUT2D eigenvalue weighted by molar-refractivity contribution is -0.148. The lowest BCUT2D eigenvalue weighted by atomic mass is 9.73. The minimum absolute atomic E-state index is 0.0502. The number of aliphatic hydroxyl groups excluding tert-OH is 1. The van der Waals surface area contributed by atoms with Crippen molar-refractivity contribution in [1.29, 1.82) is 0 Å². The Bertz CT molecular complexity index is 495. The first-order chi connectivity index (χ1) is 10.3. The van der Waals surface area contributed by atoms with Crippen LogP contribution in [-0.2, 0) is 9.53 Å². The fourth-order valence-electron chi connectivity index (χ4n) is 3.32. The summed E-state index contributed by atoms with van der Waals surface area (Å²) in [7, 11) is 1.55. The molecule has 122 valence electrons. The van der Waals surface area contributed by atoms with Crippen LogP contribution in [0.15, 0.2) is 30.3 Å². The van der Waals surface area contributed by atoms with E-state index in [2.05, 4.69) is 20.8 Å². The second kappa shape index (κ2) is 6.80. The van der Waals surface area contributed by atoms with E-state index in [1.54, 1.807) is 12.0 Å². The lowest BCUT2D eigenvalue weighted by Crippen LogP contribution is -2.51. The molecule has 1 fully saturated rings. The zero-order chi connectivity index (χ0) is 16.3. The molecule has 0 radical (unpaired) electrons. The number of piperidine rings is 1. The first-order valence-corrected chi connectivity index (χ1v) is 7.89. The van der Waals surface area contributed by atoms with Gasteiger partial charge in [-0.1, -0.05) is 51.1 Å². The van der Waals surface area contributed by atoms with Crippen LogP contribution in [0.5, 0.6) is 0 Å². The summed E-state index contributed by atoms with van der Waals surface area (Å²) in [4.78, 5) is 14.5. The SMILES string of the molecule is CO[C@H](C(=O)N1CC[C@@H](C(C)(C)C)[C@@H](O)C1)c1ccccc1. The molecule has 0 unspecified atom stereocenters. The zero-order valence-electron chi connectivity index (χ0n) is 14.0. The molecular formula is C18H27NO3. The van der Waals surface area contributed by atoms with E-state index in [4.69, 9.17) is 4.74 Å². The lowest BCUT2D eigenvalue weighted by Gasteiger charge is -2.42. The number of hydrogen-bond donors (Lipinski definition) is 1. The quantitative estimate of drug-likeness (QED) is 0.934. The molecule has 2 rings (SSSR count). The number of benzene rings is 1. The summed E-state index contributed by atoms with van der Waals surface area (Å²) >= 11 is 0. The highest BCUT2D eigenvalue weighted by Crippen LogP contribution is 2.35. The van der Waals surface area contributed by atoms with Crippen LogP contribution in [0.25, 0.3) is 0 Å². The highest BCUT2D eigenvalue weighted by atomic mass is 16.5. The van der Waals surface area contributed by atoms with Gasteiger partial charge in [0.15, 0.2) is 6.10 Å². The largest absolute Gasteiger partial charge is 0.391 e. The molecule has 1 aromatic rings. The monoisotopic (exact) mass is 305 g/mol. The summed E-state index contributed by atoms with van der Waals surface area (Å²) in [5.74, 6) is 0.148. The number of rotatable bonds is 3. The number of methoxy groups -OCH3 is 1. The summed E-state index contributed by atoms with van der Waals surface area (Å²) in [6, 6.07) is 9.50. The van der Waals surface area contributed by atoms with Gasteiger partial charge in [-0.2, -0.15) is 0 Å². The third-order valence-corrected chi connectivity index (χ3v) is 4.57. The number of carbonyl (C=O) groups is 1. The summed E-state index contributed by atoms with van der Waals surface area (Å²) in [6.45, 7) is 7.47. The van der Waals surface area contributed by atoms with Gasteiger partial charge in [0.25, 0.3) is 5.91 Å². The predicted molar refractivity (Wildman–Crippen MR) is 86.3 cm³/mol. The number of likely N-dealkylation sites (tertiary alicyclic amines) is 1. The molecular weight excluding hydrogens is 278 g/mol. The Morgan fingerprint density at radius 1 is 1.32 bits per heavy atom. The van der Waals surface area contributed by atoms with Crippen molar-refractivity contribution in [2.45, 2.75) is 39.4 Å². The molecule has 4 heteroatoms. The molecule has 1 amide bonds. The fraction of sp³-hybridized carbons (Fsp3) is 0.611. The van der Waals surface area contributed by atoms with Crippen LogP contribution >= 0.6 is 0 Å². The topological polar surface area (TPSA) is 49.8 Å². The Kier molecular flexibility index (Phi) is 5.24. The zero-order valence-corrected chi connectivity index (χ0v) is 14.0. The Hall–Kier alpha value is -1.39. The van der Waals surface area contributed by atoms with Crippen LogP contribution in [0.4, 0.5) is 0 Å². The average molecular weight is 305 g/mol. The summed E-state index contributed by atoms with van der Waals surface area (Å²) < 4.78 is 5.41. The normalized spacial score (nSPS) is 24.1. The summed E-state index contributed by atoms with van der Waals surface area (Å²) in [5, 5.41) is 10.4. The van der Waals surface area contributed by atoms with Crippen molar-refractivity contribution in [3.05, 3.63) is 35.9 Å². The molecule has 1 N–H and O–H groups in total. The minimum Gasteiger partial charge on any atom is -0.391 e. The fourth-order valence-corrected chi connectivity index (χ4v) is 3.32. The van der Waals surface area contributed by atoms with Gasteiger partial charge < -0.3 is 14.7 Å². The molecule has 22 heavy (non-hydrogen) atoms. The van der Waals surface area contributed by atoms with E-state index in [0.29, 0.717) is 13.1 Å². The van der Waals surface area contributed by atoms with E-state index in [-0.39, 0.29) is 17.2 Å². The highest BCUT2D eigenvalue weighted by molar-refractivity contribution is 5.82. The second-order valence-corrected chi connectivity index (χ2v) is 7.14. The maximum Gasteiger partial charge on any atom is 0.256 e. The highest BCUT2D eigenvalue weighted by Gasteiger charge is 2.38. The van der Waals surface area contributed by atoms with Crippen LogP contribution in [0.2, 0.25) is 0 Å². The molecule has 0 aromatic heterocycles.